The van der Waals surface area contributed by atoms with Crippen LogP contribution in [-0.2, 0) is 0 Å². The van der Waals surface area contributed by atoms with Crippen LogP contribution in [0.25, 0.3) is 57.1 Å². The molecule has 1 aliphatic heterocycles. The van der Waals surface area contributed by atoms with Crippen LogP contribution < -0.4 is 0 Å². The van der Waals surface area contributed by atoms with Crippen molar-refractivity contribution in [3.63, 3.8) is 0 Å². The van der Waals surface area contributed by atoms with Crippen LogP contribution in [0.1, 0.15) is 41.9 Å². The minimum Gasteiger partial charge on any atom is -0.310 e. The molecule has 3 atom stereocenters. The molecule has 0 spiro atoms. The second-order valence-corrected chi connectivity index (χ2v) is 13.6. The average Bonchev–Trinajstić information content (AvgIpc) is 3.34. The standard InChI is InChI=1S/C42H32N4S/c1-27-12-5-7-18-32(27)42-44-40(29-14-3-2-4-15-29)43-41(45-42)30-16-11-17-31(26-30)46-35-20-9-8-19-33(35)39-34-23-22-28-13-6-10-21-37(28)47-38(34)25-24-36(39)46/h2-11,13-27,34,38H,12H2,1H3. The summed E-state index contributed by atoms with van der Waals surface area (Å²) in [6, 6.07) is 36.4. The Balaban J connectivity index is 1.19. The van der Waals surface area contributed by atoms with Gasteiger partial charge in [-0.25, -0.2) is 15.0 Å². The highest BCUT2D eigenvalue weighted by molar-refractivity contribution is 8.00. The molecule has 0 saturated carbocycles. The lowest BCUT2D eigenvalue weighted by molar-refractivity contribution is 0.747. The van der Waals surface area contributed by atoms with E-state index >= 15 is 0 Å². The predicted octanol–water partition coefficient (Wildman–Crippen LogP) is 10.4. The van der Waals surface area contributed by atoms with E-state index in [0.717, 1.165) is 34.6 Å². The zero-order chi connectivity index (χ0) is 31.3. The molecule has 4 aromatic carbocycles. The highest BCUT2D eigenvalue weighted by Gasteiger charge is 2.32. The fourth-order valence-electron chi connectivity index (χ4n) is 7.12. The number of hydrogen-bond donors (Lipinski definition) is 0. The van der Waals surface area contributed by atoms with Crippen LogP contribution in [0.3, 0.4) is 0 Å². The molecule has 0 N–H and O–H groups in total. The molecule has 226 valence electrons. The minimum absolute atomic E-state index is 0.265. The lowest BCUT2D eigenvalue weighted by Crippen LogP contribution is -2.15. The maximum atomic E-state index is 5.10. The Morgan fingerprint density at radius 1 is 0.723 bits per heavy atom. The third-order valence-corrected chi connectivity index (χ3v) is 10.8. The average molecular weight is 625 g/mol. The van der Waals surface area contributed by atoms with Crippen LogP contribution in [0.4, 0.5) is 0 Å². The van der Waals surface area contributed by atoms with Crippen LogP contribution >= 0.6 is 11.8 Å². The normalized spacial score (nSPS) is 19.5. The van der Waals surface area contributed by atoms with Crippen molar-refractivity contribution in [2.24, 2.45) is 5.92 Å². The third-order valence-electron chi connectivity index (χ3n) is 9.47. The van der Waals surface area contributed by atoms with E-state index in [9.17, 15) is 0 Å². The molecule has 47 heavy (non-hydrogen) atoms. The Bertz CT molecular complexity index is 2290. The van der Waals surface area contributed by atoms with Gasteiger partial charge in [-0.1, -0.05) is 122 Å². The van der Waals surface area contributed by atoms with E-state index in [1.165, 1.54) is 32.6 Å². The molecule has 2 aliphatic carbocycles. The maximum Gasteiger partial charge on any atom is 0.164 e. The number of benzene rings is 4. The van der Waals surface area contributed by atoms with Gasteiger partial charge in [0.05, 0.1) is 11.2 Å². The number of aromatic nitrogens is 4. The van der Waals surface area contributed by atoms with Gasteiger partial charge in [0, 0.05) is 43.8 Å². The Kier molecular flexibility index (Phi) is 6.86. The van der Waals surface area contributed by atoms with E-state index in [4.69, 9.17) is 15.0 Å². The second kappa shape index (κ2) is 11.5. The second-order valence-electron chi connectivity index (χ2n) is 12.4. The van der Waals surface area contributed by atoms with Gasteiger partial charge in [0.1, 0.15) is 0 Å². The van der Waals surface area contributed by atoms with Gasteiger partial charge >= 0.3 is 0 Å². The summed E-state index contributed by atoms with van der Waals surface area (Å²) < 4.78 is 2.41. The molecule has 0 bridgehead atoms. The van der Waals surface area contributed by atoms with Crippen LogP contribution in [-0.4, -0.2) is 24.8 Å². The zero-order valence-corrected chi connectivity index (χ0v) is 26.8. The van der Waals surface area contributed by atoms with Crippen molar-refractivity contribution in [2.45, 2.75) is 29.4 Å². The van der Waals surface area contributed by atoms with Crippen LogP contribution in [0.15, 0.2) is 138 Å². The lowest BCUT2D eigenvalue weighted by Gasteiger charge is -2.25. The van der Waals surface area contributed by atoms with E-state index in [-0.39, 0.29) is 5.92 Å². The number of rotatable bonds is 4. The molecule has 0 fully saturated rings. The number of allylic oxidation sites excluding steroid dienone is 5. The largest absolute Gasteiger partial charge is 0.310 e. The number of fused-ring (bicyclic) bond motifs is 6. The summed E-state index contributed by atoms with van der Waals surface area (Å²) >= 11 is 1.96. The fraction of sp³-hybridized carbons (Fsp3) is 0.119. The van der Waals surface area contributed by atoms with Crippen molar-refractivity contribution in [1.29, 1.82) is 0 Å². The molecule has 0 amide bonds. The van der Waals surface area contributed by atoms with Gasteiger partial charge in [-0.15, -0.1) is 11.8 Å². The lowest BCUT2D eigenvalue weighted by atomic mass is 9.88. The van der Waals surface area contributed by atoms with Crippen molar-refractivity contribution in [3.8, 4) is 28.5 Å². The van der Waals surface area contributed by atoms with Crippen LogP contribution in [0, 0.1) is 5.92 Å². The highest BCUT2D eigenvalue weighted by Crippen LogP contribution is 2.48. The predicted molar refractivity (Wildman–Crippen MR) is 195 cm³/mol. The van der Waals surface area contributed by atoms with Crippen molar-refractivity contribution >= 4 is 40.4 Å². The molecular weight excluding hydrogens is 593 g/mol. The summed E-state index contributed by atoms with van der Waals surface area (Å²) in [5, 5.41) is 1.63. The molecule has 5 heteroatoms. The van der Waals surface area contributed by atoms with Gasteiger partial charge in [-0.3, -0.25) is 0 Å². The van der Waals surface area contributed by atoms with Gasteiger partial charge in [0.25, 0.3) is 0 Å². The first-order valence-electron chi connectivity index (χ1n) is 16.3. The van der Waals surface area contributed by atoms with E-state index < -0.39 is 0 Å². The summed E-state index contributed by atoms with van der Waals surface area (Å²) in [6.07, 6.45) is 16.9. The van der Waals surface area contributed by atoms with Crippen LogP contribution in [0.5, 0.6) is 0 Å². The summed E-state index contributed by atoms with van der Waals surface area (Å²) in [4.78, 5) is 16.5. The maximum absolute atomic E-state index is 5.10. The molecule has 3 heterocycles. The Morgan fingerprint density at radius 2 is 1.49 bits per heavy atom. The molecule has 3 unspecified atom stereocenters. The number of nitrogens with zero attached hydrogens (tertiary/aromatic N) is 4. The molecular formula is C42H32N4S. The monoisotopic (exact) mass is 624 g/mol. The zero-order valence-electron chi connectivity index (χ0n) is 26.0. The molecule has 6 aromatic rings. The number of hydrogen-bond acceptors (Lipinski definition) is 4. The molecule has 2 aromatic heterocycles. The van der Waals surface area contributed by atoms with E-state index in [1.54, 1.807) is 0 Å². The summed E-state index contributed by atoms with van der Waals surface area (Å²) in [5.74, 6) is 2.71. The number of thioether (sulfide) groups is 1. The highest BCUT2D eigenvalue weighted by atomic mass is 32.2. The van der Waals surface area contributed by atoms with Gasteiger partial charge in [0.15, 0.2) is 17.5 Å². The first-order chi connectivity index (χ1) is 23.2. The van der Waals surface area contributed by atoms with Crippen molar-refractivity contribution in [1.82, 2.24) is 19.5 Å². The topological polar surface area (TPSA) is 43.6 Å². The first-order valence-corrected chi connectivity index (χ1v) is 17.1. The van der Waals surface area contributed by atoms with E-state index in [1.807, 2.05) is 30.0 Å². The molecule has 0 saturated heterocycles. The van der Waals surface area contributed by atoms with Gasteiger partial charge in [-0.2, -0.15) is 0 Å². The Hall–Kier alpha value is -5.26. The molecule has 3 aliphatic rings. The smallest absolute Gasteiger partial charge is 0.164 e. The quantitative estimate of drug-likeness (QED) is 0.196. The Morgan fingerprint density at radius 3 is 2.38 bits per heavy atom. The Labute approximate surface area is 279 Å². The summed E-state index contributed by atoms with van der Waals surface area (Å²) in [7, 11) is 0. The third kappa shape index (κ3) is 4.90. The van der Waals surface area contributed by atoms with Crippen LogP contribution in [0.2, 0.25) is 0 Å². The molecule has 4 nitrogen and oxygen atoms in total. The van der Waals surface area contributed by atoms with E-state index in [2.05, 4.69) is 139 Å². The van der Waals surface area contributed by atoms with Crippen molar-refractivity contribution < 1.29 is 0 Å². The SMILES string of the molecule is CC1CC=CC=C1c1nc(-c2ccccc2)nc(-c2cccc(-n3c4c(c5ccccc53)C3C=Cc5ccccc5SC3C=C4)c2)n1. The molecule has 9 rings (SSSR count). The van der Waals surface area contributed by atoms with Gasteiger partial charge in [-0.05, 0) is 53.8 Å². The van der Waals surface area contributed by atoms with Gasteiger partial charge in [0.2, 0.25) is 0 Å². The van der Waals surface area contributed by atoms with Crippen molar-refractivity contribution in [3.05, 3.63) is 156 Å². The van der Waals surface area contributed by atoms with Gasteiger partial charge < -0.3 is 4.57 Å². The summed E-state index contributed by atoms with van der Waals surface area (Å²) in [5.41, 5.74) is 9.29. The summed E-state index contributed by atoms with van der Waals surface area (Å²) in [6.45, 7) is 2.24. The number of para-hydroxylation sites is 1. The minimum atomic E-state index is 0.265. The first kappa shape index (κ1) is 28.0. The fourth-order valence-corrected chi connectivity index (χ4v) is 8.37. The van der Waals surface area contributed by atoms with E-state index in [0.29, 0.717) is 22.8 Å². The van der Waals surface area contributed by atoms with Crippen molar-refractivity contribution in [2.75, 3.05) is 0 Å². The molecule has 0 radical (unpaired) electrons.